The van der Waals surface area contributed by atoms with Crippen molar-refractivity contribution in [1.29, 1.82) is 0 Å². The predicted molar refractivity (Wildman–Crippen MR) is 74.7 cm³/mol. The summed E-state index contributed by atoms with van der Waals surface area (Å²) in [5.74, 6) is -1.59. The van der Waals surface area contributed by atoms with Crippen LogP contribution in [0.2, 0.25) is 0 Å². The van der Waals surface area contributed by atoms with Crippen molar-refractivity contribution in [3.63, 3.8) is 0 Å². The second-order valence-corrected chi connectivity index (χ2v) is 5.38. The van der Waals surface area contributed by atoms with Crippen molar-refractivity contribution in [3.05, 3.63) is 0 Å². The molecule has 114 valence electrons. The quantitative estimate of drug-likeness (QED) is 0.488. The Hall–Kier alpha value is -1.63. The monoisotopic (exact) mass is 284 g/mol. The zero-order valence-corrected chi connectivity index (χ0v) is 12.2. The van der Waals surface area contributed by atoms with E-state index in [1.54, 1.807) is 0 Å². The van der Waals surface area contributed by atoms with Gasteiger partial charge in [0.1, 0.15) is 0 Å². The molecule has 3 N–H and O–H groups in total. The fourth-order valence-corrected chi connectivity index (χ4v) is 2.18. The minimum Gasteiger partial charge on any atom is -0.369 e. The number of carbonyl (C=O) groups excluding carboxylic acids is 3. The zero-order valence-electron chi connectivity index (χ0n) is 12.2. The van der Waals surface area contributed by atoms with E-state index in [0.29, 0.717) is 32.5 Å². The van der Waals surface area contributed by atoms with Gasteiger partial charge in [-0.3, -0.25) is 14.4 Å². The maximum absolute atomic E-state index is 11.9. The number of carbonyl (C=O) groups is 3. The normalized spacial score (nSPS) is 16.2. The molecule has 3 amide bonds. The first-order valence-corrected chi connectivity index (χ1v) is 6.93. The summed E-state index contributed by atoms with van der Waals surface area (Å²) in [5.41, 5.74) is 5.23. The topological polar surface area (TPSA) is 95.7 Å². The van der Waals surface area contributed by atoms with Crippen molar-refractivity contribution in [2.24, 2.45) is 11.7 Å². The third kappa shape index (κ3) is 5.16. The minimum atomic E-state index is -0.568. The highest BCUT2D eigenvalue weighted by Crippen LogP contribution is 2.16. The molecular weight excluding hydrogens is 260 g/mol. The third-order valence-electron chi connectivity index (χ3n) is 3.45. The van der Waals surface area contributed by atoms with Gasteiger partial charge < -0.3 is 20.9 Å². The van der Waals surface area contributed by atoms with Gasteiger partial charge in [0.25, 0.3) is 0 Å². The molecule has 0 aromatic carbocycles. The number of nitrogens with zero attached hydrogens (tertiary/aromatic N) is 2. The summed E-state index contributed by atoms with van der Waals surface area (Å²) in [7, 11) is 3.91. The molecule has 0 atom stereocenters. The molecule has 7 heteroatoms. The fourth-order valence-electron chi connectivity index (χ4n) is 2.18. The lowest BCUT2D eigenvalue weighted by Crippen LogP contribution is -2.48. The summed E-state index contributed by atoms with van der Waals surface area (Å²) in [4.78, 5) is 38.1. The van der Waals surface area contributed by atoms with Crippen molar-refractivity contribution in [2.45, 2.75) is 19.3 Å². The number of nitrogens with one attached hydrogen (secondary N) is 1. The van der Waals surface area contributed by atoms with Crippen LogP contribution in [0.4, 0.5) is 0 Å². The second-order valence-electron chi connectivity index (χ2n) is 5.38. The molecule has 1 rings (SSSR count). The maximum Gasteiger partial charge on any atom is 0.311 e. The van der Waals surface area contributed by atoms with Gasteiger partial charge in [-0.05, 0) is 39.9 Å². The van der Waals surface area contributed by atoms with Gasteiger partial charge >= 0.3 is 11.8 Å². The van der Waals surface area contributed by atoms with E-state index in [1.807, 2.05) is 19.0 Å². The molecule has 0 aromatic rings. The lowest BCUT2D eigenvalue weighted by Gasteiger charge is -2.29. The van der Waals surface area contributed by atoms with E-state index < -0.39 is 11.8 Å². The molecule has 1 aliphatic heterocycles. The van der Waals surface area contributed by atoms with Crippen LogP contribution >= 0.6 is 0 Å². The fraction of sp³-hybridized carbons (Fsp3) is 0.769. The van der Waals surface area contributed by atoms with Crippen molar-refractivity contribution in [2.75, 3.05) is 40.3 Å². The Labute approximate surface area is 119 Å². The van der Waals surface area contributed by atoms with Crippen LogP contribution in [-0.4, -0.2) is 67.8 Å². The van der Waals surface area contributed by atoms with Crippen molar-refractivity contribution in [3.8, 4) is 0 Å². The van der Waals surface area contributed by atoms with E-state index in [4.69, 9.17) is 5.73 Å². The van der Waals surface area contributed by atoms with Crippen LogP contribution < -0.4 is 11.1 Å². The molecule has 1 heterocycles. The largest absolute Gasteiger partial charge is 0.369 e. The van der Waals surface area contributed by atoms with Gasteiger partial charge in [0.05, 0.1) is 0 Å². The van der Waals surface area contributed by atoms with Crippen molar-refractivity contribution in [1.82, 2.24) is 15.1 Å². The lowest BCUT2D eigenvalue weighted by molar-refractivity contribution is -0.147. The van der Waals surface area contributed by atoms with Gasteiger partial charge in [-0.1, -0.05) is 0 Å². The smallest absolute Gasteiger partial charge is 0.311 e. The summed E-state index contributed by atoms with van der Waals surface area (Å²) >= 11 is 0. The number of hydrogen-bond donors (Lipinski definition) is 2. The summed E-state index contributed by atoms with van der Waals surface area (Å²) in [6.45, 7) is 2.17. The number of nitrogens with two attached hydrogens (primary N) is 1. The second kappa shape index (κ2) is 7.84. The summed E-state index contributed by atoms with van der Waals surface area (Å²) < 4.78 is 0. The molecule has 0 aliphatic carbocycles. The number of amides is 3. The lowest BCUT2D eigenvalue weighted by atomic mass is 9.96. The highest BCUT2D eigenvalue weighted by atomic mass is 16.2. The van der Waals surface area contributed by atoms with Gasteiger partial charge in [0.2, 0.25) is 5.91 Å². The molecule has 0 saturated carbocycles. The van der Waals surface area contributed by atoms with E-state index in [-0.39, 0.29) is 11.8 Å². The maximum atomic E-state index is 11.9. The van der Waals surface area contributed by atoms with Crippen molar-refractivity contribution < 1.29 is 14.4 Å². The number of piperidine rings is 1. The average molecular weight is 284 g/mol. The number of hydrogen-bond acceptors (Lipinski definition) is 4. The molecule has 0 spiro atoms. The number of primary amides is 1. The molecule has 0 unspecified atom stereocenters. The van der Waals surface area contributed by atoms with E-state index >= 15 is 0 Å². The van der Waals surface area contributed by atoms with Crippen LogP contribution in [0.15, 0.2) is 0 Å². The van der Waals surface area contributed by atoms with Crippen molar-refractivity contribution >= 4 is 17.7 Å². The summed E-state index contributed by atoms with van der Waals surface area (Å²) in [6, 6.07) is 0. The van der Waals surface area contributed by atoms with Crippen LogP contribution in [0.25, 0.3) is 0 Å². The predicted octanol–water partition coefficient (Wildman–Crippen LogP) is -1.22. The van der Waals surface area contributed by atoms with E-state index in [0.717, 1.165) is 13.0 Å². The van der Waals surface area contributed by atoms with Gasteiger partial charge in [-0.2, -0.15) is 0 Å². The standard InChI is InChI=1S/C13H24N4O3/c1-16(2)7-3-6-15-12(19)13(20)17-8-4-10(5-9-17)11(14)18/h10H,3-9H2,1-2H3,(H2,14,18)(H,15,19). The molecule has 20 heavy (non-hydrogen) atoms. The SMILES string of the molecule is CN(C)CCCNC(=O)C(=O)N1CCC(C(N)=O)CC1. The molecule has 0 bridgehead atoms. The van der Waals surface area contributed by atoms with Crippen LogP contribution in [0, 0.1) is 5.92 Å². The average Bonchev–Trinajstić information content (AvgIpc) is 2.42. The Morgan fingerprint density at radius 3 is 2.35 bits per heavy atom. The Morgan fingerprint density at radius 1 is 1.25 bits per heavy atom. The van der Waals surface area contributed by atoms with Gasteiger partial charge in [-0.15, -0.1) is 0 Å². The Balaban J connectivity index is 2.28. The molecule has 1 saturated heterocycles. The number of likely N-dealkylation sites (tertiary alicyclic amines) is 1. The molecule has 0 aromatic heterocycles. The first kappa shape index (κ1) is 16.4. The molecular formula is C13H24N4O3. The zero-order chi connectivity index (χ0) is 15.1. The number of rotatable bonds is 5. The van der Waals surface area contributed by atoms with E-state index in [2.05, 4.69) is 5.32 Å². The van der Waals surface area contributed by atoms with Crippen LogP contribution in [0.3, 0.4) is 0 Å². The Kier molecular flexibility index (Phi) is 6.44. The molecule has 1 aliphatic rings. The van der Waals surface area contributed by atoms with Crippen LogP contribution in [0.1, 0.15) is 19.3 Å². The Bertz CT molecular complexity index is 363. The van der Waals surface area contributed by atoms with E-state index in [1.165, 1.54) is 4.90 Å². The van der Waals surface area contributed by atoms with Gasteiger partial charge in [-0.25, -0.2) is 0 Å². The van der Waals surface area contributed by atoms with Gasteiger partial charge in [0.15, 0.2) is 0 Å². The third-order valence-corrected chi connectivity index (χ3v) is 3.45. The minimum absolute atomic E-state index is 0.179. The Morgan fingerprint density at radius 2 is 1.85 bits per heavy atom. The van der Waals surface area contributed by atoms with E-state index in [9.17, 15) is 14.4 Å². The van der Waals surface area contributed by atoms with Crippen LogP contribution in [0.5, 0.6) is 0 Å². The highest BCUT2D eigenvalue weighted by molar-refractivity contribution is 6.35. The molecule has 1 fully saturated rings. The first-order chi connectivity index (χ1) is 9.41. The summed E-state index contributed by atoms with van der Waals surface area (Å²) in [6.07, 6.45) is 1.87. The first-order valence-electron chi connectivity index (χ1n) is 6.93. The highest BCUT2D eigenvalue weighted by Gasteiger charge is 2.28. The van der Waals surface area contributed by atoms with Crippen LogP contribution in [-0.2, 0) is 14.4 Å². The van der Waals surface area contributed by atoms with Gasteiger partial charge in [0, 0.05) is 25.6 Å². The molecule has 7 nitrogen and oxygen atoms in total. The summed E-state index contributed by atoms with van der Waals surface area (Å²) in [5, 5.41) is 2.62. The molecule has 0 radical (unpaired) electrons.